The van der Waals surface area contributed by atoms with Crippen LogP contribution in [0.2, 0.25) is 0 Å². The number of esters is 2. The van der Waals surface area contributed by atoms with Gasteiger partial charge in [0, 0.05) is 5.41 Å². The van der Waals surface area contributed by atoms with Crippen LogP contribution in [0.4, 0.5) is 0 Å². The first-order valence-electron chi connectivity index (χ1n) is 7.11. The minimum Gasteiger partial charge on any atom is -0.466 e. The van der Waals surface area contributed by atoms with Gasteiger partial charge in [-0.2, -0.15) is 0 Å². The molecule has 0 N–H and O–H groups in total. The van der Waals surface area contributed by atoms with E-state index in [1.165, 1.54) is 0 Å². The molecule has 0 spiro atoms. The van der Waals surface area contributed by atoms with Crippen LogP contribution in [-0.4, -0.2) is 43.6 Å². The molecule has 0 amide bonds. The standard InChI is InChI=1S/C13H23O6PS2/c1-5-16-11(14)7-10(12(15)17-6-2)22-20(21)18-8-13(3,4)9-19-20/h10H,5-9H2,1-4H3. The number of ether oxygens (including phenoxy) is 2. The Labute approximate surface area is 140 Å². The van der Waals surface area contributed by atoms with Crippen molar-refractivity contribution in [2.24, 2.45) is 5.41 Å². The molecule has 1 aliphatic rings. The molecule has 1 fully saturated rings. The van der Waals surface area contributed by atoms with Crippen LogP contribution in [0.5, 0.6) is 0 Å². The average molecular weight is 370 g/mol. The van der Waals surface area contributed by atoms with Crippen molar-refractivity contribution >= 4 is 40.8 Å². The first-order chi connectivity index (χ1) is 10.2. The summed E-state index contributed by atoms with van der Waals surface area (Å²) in [6, 6.07) is 0. The lowest BCUT2D eigenvalue weighted by Crippen LogP contribution is -2.30. The molecule has 1 rings (SSSR count). The topological polar surface area (TPSA) is 71.1 Å². The van der Waals surface area contributed by atoms with Crippen molar-refractivity contribution in [1.29, 1.82) is 0 Å². The summed E-state index contributed by atoms with van der Waals surface area (Å²) in [4.78, 5) is 23.7. The molecule has 1 atom stereocenters. The zero-order chi connectivity index (χ0) is 16.8. The lowest BCUT2D eigenvalue weighted by atomic mass is 9.97. The summed E-state index contributed by atoms with van der Waals surface area (Å²) in [6.07, 6.45) is -0.105. The normalized spacial score (nSPS) is 20.9. The maximum Gasteiger partial charge on any atom is 0.320 e. The van der Waals surface area contributed by atoms with Gasteiger partial charge in [0.15, 0.2) is 0 Å². The molecular weight excluding hydrogens is 347 g/mol. The minimum atomic E-state index is -2.66. The number of carbonyl (C=O) groups excluding carboxylic acids is 2. The fourth-order valence-electron chi connectivity index (χ4n) is 1.57. The van der Waals surface area contributed by atoms with Gasteiger partial charge in [-0.15, -0.1) is 0 Å². The molecule has 1 heterocycles. The Morgan fingerprint density at radius 2 is 1.77 bits per heavy atom. The van der Waals surface area contributed by atoms with Crippen LogP contribution >= 0.6 is 17.1 Å². The van der Waals surface area contributed by atoms with Gasteiger partial charge in [0.2, 0.25) is 5.69 Å². The third kappa shape index (κ3) is 6.54. The molecule has 9 heteroatoms. The van der Waals surface area contributed by atoms with Crippen LogP contribution in [0.3, 0.4) is 0 Å². The third-order valence-electron chi connectivity index (χ3n) is 2.69. The van der Waals surface area contributed by atoms with Crippen LogP contribution in [0.25, 0.3) is 0 Å². The average Bonchev–Trinajstić information content (AvgIpc) is 2.43. The molecule has 22 heavy (non-hydrogen) atoms. The van der Waals surface area contributed by atoms with Crippen LogP contribution < -0.4 is 0 Å². The van der Waals surface area contributed by atoms with Crippen LogP contribution in [0, 0.1) is 5.41 Å². The lowest BCUT2D eigenvalue weighted by Gasteiger charge is -2.36. The van der Waals surface area contributed by atoms with Crippen molar-refractivity contribution in [3.05, 3.63) is 0 Å². The molecule has 0 saturated carbocycles. The van der Waals surface area contributed by atoms with Crippen molar-refractivity contribution < 1.29 is 28.1 Å². The second-order valence-electron chi connectivity index (χ2n) is 5.51. The van der Waals surface area contributed by atoms with E-state index < -0.39 is 22.9 Å². The highest BCUT2D eigenvalue weighted by Crippen LogP contribution is 2.66. The molecule has 6 nitrogen and oxygen atoms in total. The largest absolute Gasteiger partial charge is 0.466 e. The Morgan fingerprint density at radius 1 is 1.23 bits per heavy atom. The summed E-state index contributed by atoms with van der Waals surface area (Å²) >= 11 is 6.50. The molecule has 1 unspecified atom stereocenters. The predicted octanol–water partition coefficient (Wildman–Crippen LogP) is 2.90. The van der Waals surface area contributed by atoms with Crippen molar-refractivity contribution in [3.63, 3.8) is 0 Å². The van der Waals surface area contributed by atoms with Gasteiger partial charge in [0.25, 0.3) is 0 Å². The lowest BCUT2D eigenvalue weighted by molar-refractivity contribution is -0.149. The zero-order valence-electron chi connectivity index (χ0n) is 13.3. The number of hydrogen-bond donors (Lipinski definition) is 0. The summed E-state index contributed by atoms with van der Waals surface area (Å²) < 4.78 is 21.3. The molecule has 0 aromatic rings. The number of hydrogen-bond acceptors (Lipinski definition) is 8. The van der Waals surface area contributed by atoms with E-state index in [0.29, 0.717) is 13.2 Å². The summed E-state index contributed by atoms with van der Waals surface area (Å²) in [5.74, 6) is -0.964. The maximum absolute atomic E-state index is 12.0. The van der Waals surface area contributed by atoms with Crippen molar-refractivity contribution in [2.75, 3.05) is 26.4 Å². The molecular formula is C13H23O6PS2. The van der Waals surface area contributed by atoms with E-state index >= 15 is 0 Å². The number of rotatable bonds is 7. The van der Waals surface area contributed by atoms with Gasteiger partial charge in [0.05, 0.1) is 32.8 Å². The van der Waals surface area contributed by atoms with E-state index in [0.717, 1.165) is 11.4 Å². The van der Waals surface area contributed by atoms with Crippen molar-refractivity contribution in [1.82, 2.24) is 0 Å². The fourth-order valence-corrected chi connectivity index (χ4v) is 6.81. The van der Waals surface area contributed by atoms with Crippen molar-refractivity contribution in [2.45, 2.75) is 39.4 Å². The molecule has 0 bridgehead atoms. The summed E-state index contributed by atoms with van der Waals surface area (Å²) in [6.45, 7) is 8.86. The summed E-state index contributed by atoms with van der Waals surface area (Å²) in [7, 11) is 0. The monoisotopic (exact) mass is 370 g/mol. The van der Waals surface area contributed by atoms with E-state index in [1.807, 2.05) is 13.8 Å². The molecule has 0 aromatic heterocycles. The van der Waals surface area contributed by atoms with Crippen LogP contribution in [0.15, 0.2) is 0 Å². The maximum atomic E-state index is 12.0. The highest BCUT2D eigenvalue weighted by Gasteiger charge is 2.38. The summed E-state index contributed by atoms with van der Waals surface area (Å²) in [5.41, 5.74) is -2.77. The van der Waals surface area contributed by atoms with Gasteiger partial charge in [-0.25, -0.2) is 0 Å². The Bertz CT molecular complexity index is 440. The van der Waals surface area contributed by atoms with Gasteiger partial charge in [0.1, 0.15) is 5.25 Å². The van der Waals surface area contributed by atoms with Crippen molar-refractivity contribution in [3.8, 4) is 0 Å². The molecule has 0 radical (unpaired) electrons. The molecule has 0 aliphatic carbocycles. The van der Waals surface area contributed by atoms with Crippen LogP contribution in [-0.2, 0) is 39.9 Å². The predicted molar refractivity (Wildman–Crippen MR) is 89.2 cm³/mol. The van der Waals surface area contributed by atoms with E-state index in [-0.39, 0.29) is 25.0 Å². The fraction of sp³-hybridized carbons (Fsp3) is 0.846. The quantitative estimate of drug-likeness (QED) is 0.500. The zero-order valence-corrected chi connectivity index (χ0v) is 15.9. The second kappa shape index (κ2) is 8.64. The molecule has 0 aromatic carbocycles. The first-order valence-corrected chi connectivity index (χ1v) is 11.2. The Balaban J connectivity index is 2.73. The van der Waals surface area contributed by atoms with E-state index in [2.05, 4.69) is 0 Å². The third-order valence-corrected chi connectivity index (χ3v) is 8.03. The number of carbonyl (C=O) groups is 2. The van der Waals surface area contributed by atoms with E-state index in [4.69, 9.17) is 30.3 Å². The molecule has 1 saturated heterocycles. The highest BCUT2D eigenvalue weighted by molar-refractivity contribution is 8.68. The highest BCUT2D eigenvalue weighted by atomic mass is 32.9. The van der Waals surface area contributed by atoms with Gasteiger partial charge in [-0.1, -0.05) is 25.2 Å². The van der Waals surface area contributed by atoms with Gasteiger partial charge in [-0.05, 0) is 25.7 Å². The molecule has 1 aliphatic heterocycles. The Hall–Kier alpha value is -0.140. The summed E-state index contributed by atoms with van der Waals surface area (Å²) in [5, 5.41) is -0.772. The van der Waals surface area contributed by atoms with Gasteiger partial charge >= 0.3 is 11.9 Å². The Kier molecular flexibility index (Phi) is 7.82. The van der Waals surface area contributed by atoms with Crippen LogP contribution in [0.1, 0.15) is 34.1 Å². The minimum absolute atomic E-state index is 0.105. The van der Waals surface area contributed by atoms with Gasteiger partial charge < -0.3 is 18.5 Å². The van der Waals surface area contributed by atoms with E-state index in [1.54, 1.807) is 13.8 Å². The van der Waals surface area contributed by atoms with E-state index in [9.17, 15) is 9.59 Å². The smallest absolute Gasteiger partial charge is 0.320 e. The first kappa shape index (κ1) is 19.9. The SMILES string of the molecule is CCOC(=O)CC(SP1(=S)OCC(C)(C)CO1)C(=O)OCC. The molecule has 128 valence electrons. The van der Waals surface area contributed by atoms with Gasteiger partial charge in [-0.3, -0.25) is 9.59 Å². The Morgan fingerprint density at radius 3 is 2.27 bits per heavy atom. The second-order valence-corrected chi connectivity index (χ2v) is 11.9.